The van der Waals surface area contributed by atoms with Gasteiger partial charge in [-0.05, 0) is 99.8 Å². The molecule has 0 aliphatic carbocycles. The number of likely N-dealkylation sites (tertiary alicyclic amines) is 2. The Morgan fingerprint density at radius 2 is 1.10 bits per heavy atom. The van der Waals surface area contributed by atoms with Crippen LogP contribution in [0.25, 0.3) is 0 Å². The Hall–Kier alpha value is -3.18. The molecule has 4 saturated heterocycles. The van der Waals surface area contributed by atoms with Crippen LogP contribution in [0.5, 0.6) is 11.5 Å². The van der Waals surface area contributed by atoms with Gasteiger partial charge in [-0.25, -0.2) is 9.59 Å². The van der Waals surface area contributed by atoms with Gasteiger partial charge in [0.05, 0.1) is 24.3 Å². The number of cyclic esters (lactones) is 2. The largest absolute Gasteiger partial charge is 0.492 e. The Morgan fingerprint density at radius 1 is 0.625 bits per heavy atom. The summed E-state index contributed by atoms with van der Waals surface area (Å²) >= 11 is 0. The van der Waals surface area contributed by atoms with E-state index in [1.165, 1.54) is 51.4 Å². The minimum absolute atomic E-state index is 0.228. The third-order valence-corrected chi connectivity index (χ3v) is 10.7. The van der Waals surface area contributed by atoms with E-state index in [0.29, 0.717) is 61.5 Å². The number of ether oxygens (including phenoxy) is 6. The van der Waals surface area contributed by atoms with Crippen LogP contribution < -0.4 is 9.47 Å². The fraction of sp³-hybridized carbons (Fsp3) is 0.632. The normalized spacial score (nSPS) is 27.1. The summed E-state index contributed by atoms with van der Waals surface area (Å²) in [4.78, 5) is 28.2. The first-order chi connectivity index (χ1) is 23.6. The second kappa shape index (κ2) is 16.0. The molecule has 48 heavy (non-hydrogen) atoms. The molecule has 0 radical (unpaired) electrons. The van der Waals surface area contributed by atoms with Crippen LogP contribution in [0.4, 0.5) is 0 Å². The molecule has 6 aliphatic heterocycles. The van der Waals surface area contributed by atoms with E-state index in [0.717, 1.165) is 75.2 Å². The summed E-state index contributed by atoms with van der Waals surface area (Å²) in [7, 11) is 0. The van der Waals surface area contributed by atoms with Gasteiger partial charge in [0.2, 0.25) is 0 Å². The number of piperidine rings is 2. The topological polar surface area (TPSA) is 96.0 Å². The molecule has 0 saturated carbocycles. The lowest BCUT2D eigenvalue weighted by Crippen LogP contribution is -2.45. The van der Waals surface area contributed by atoms with E-state index < -0.39 is 0 Å². The summed E-state index contributed by atoms with van der Waals surface area (Å²) in [6, 6.07) is 12.2. The van der Waals surface area contributed by atoms with Crippen molar-refractivity contribution in [2.75, 3.05) is 65.8 Å². The van der Waals surface area contributed by atoms with Gasteiger partial charge in [-0.2, -0.15) is 0 Å². The molecule has 10 heteroatoms. The van der Waals surface area contributed by atoms with E-state index in [9.17, 15) is 9.59 Å². The average molecular weight is 663 g/mol. The molecule has 6 aliphatic rings. The van der Waals surface area contributed by atoms with E-state index >= 15 is 0 Å². The van der Waals surface area contributed by atoms with Crippen molar-refractivity contribution in [3.8, 4) is 11.5 Å². The molecule has 4 fully saturated rings. The summed E-state index contributed by atoms with van der Waals surface area (Å²) in [6.45, 7) is 10.4. The van der Waals surface area contributed by atoms with Crippen molar-refractivity contribution >= 4 is 11.9 Å². The van der Waals surface area contributed by atoms with Gasteiger partial charge in [0, 0.05) is 49.5 Å². The van der Waals surface area contributed by atoms with Crippen LogP contribution in [-0.2, 0) is 32.2 Å². The Balaban J connectivity index is 0.000000152. The van der Waals surface area contributed by atoms with Crippen molar-refractivity contribution < 1.29 is 38.0 Å². The van der Waals surface area contributed by atoms with Crippen molar-refractivity contribution in [3.63, 3.8) is 0 Å². The highest BCUT2D eigenvalue weighted by molar-refractivity contribution is 5.94. The second-order valence-electron chi connectivity index (χ2n) is 14.2. The predicted molar refractivity (Wildman–Crippen MR) is 178 cm³/mol. The molecule has 0 N–H and O–H groups in total. The highest BCUT2D eigenvalue weighted by Gasteiger charge is 2.29. The van der Waals surface area contributed by atoms with Crippen LogP contribution >= 0.6 is 0 Å². The molecule has 2 aromatic rings. The van der Waals surface area contributed by atoms with E-state index in [4.69, 9.17) is 28.4 Å². The first-order valence-corrected chi connectivity index (χ1v) is 18.1. The van der Waals surface area contributed by atoms with Crippen molar-refractivity contribution in [1.82, 2.24) is 9.80 Å². The highest BCUT2D eigenvalue weighted by Crippen LogP contribution is 2.28. The summed E-state index contributed by atoms with van der Waals surface area (Å²) in [5, 5.41) is 0. The Morgan fingerprint density at radius 3 is 1.54 bits per heavy atom. The van der Waals surface area contributed by atoms with Gasteiger partial charge in [0.1, 0.15) is 37.9 Å². The van der Waals surface area contributed by atoms with Crippen molar-refractivity contribution in [3.05, 3.63) is 58.7 Å². The summed E-state index contributed by atoms with van der Waals surface area (Å²) in [6.07, 6.45) is 9.87. The maximum atomic E-state index is 11.5. The number of benzene rings is 2. The number of carbonyl (C=O) groups excluding carboxylic acids is 2. The third kappa shape index (κ3) is 8.33. The van der Waals surface area contributed by atoms with E-state index in [1.54, 1.807) is 0 Å². The monoisotopic (exact) mass is 662 g/mol. The number of rotatable bonds is 10. The number of esters is 2. The van der Waals surface area contributed by atoms with Gasteiger partial charge in [-0.3, -0.25) is 9.80 Å². The molecule has 0 spiro atoms. The lowest BCUT2D eigenvalue weighted by atomic mass is 10.00. The fourth-order valence-corrected chi connectivity index (χ4v) is 7.88. The standard InChI is InChI=1S/2C19H25NO4/c2*21-19-18-5-4-17(9-15(18)12-24-19)23-13-16-3-1-2-7-20(16)10-14-6-8-22-11-14/h2*4-5,9,14,16H,1-3,6-8,10-13H2/t2*14?,16-/m11/s1. The summed E-state index contributed by atoms with van der Waals surface area (Å²) in [5.74, 6) is 2.56. The SMILES string of the molecule is O=C1OCc2cc(OC[C@H]3CCCCN3CC3CCOC3)ccc21.O=C1OCc2cc(OC[C@H]3CCCCN3CC3CCOC3)ccc21. The zero-order valence-electron chi connectivity index (χ0n) is 28.1. The lowest BCUT2D eigenvalue weighted by molar-refractivity contribution is 0.0526. The smallest absolute Gasteiger partial charge is 0.338 e. The minimum atomic E-state index is -0.228. The predicted octanol–water partition coefficient (Wildman–Crippen LogP) is 5.25. The molecule has 0 amide bonds. The molecule has 2 unspecified atom stereocenters. The second-order valence-corrected chi connectivity index (χ2v) is 14.2. The maximum absolute atomic E-state index is 11.5. The molecular formula is C38H50N2O8. The van der Waals surface area contributed by atoms with E-state index in [1.807, 2.05) is 36.4 Å². The van der Waals surface area contributed by atoms with Crippen molar-refractivity contribution in [2.45, 2.75) is 76.7 Å². The Bertz CT molecular complexity index is 1300. The number of hydrogen-bond donors (Lipinski definition) is 0. The molecule has 0 bridgehead atoms. The van der Waals surface area contributed by atoms with E-state index in [-0.39, 0.29) is 11.9 Å². The molecule has 260 valence electrons. The zero-order chi connectivity index (χ0) is 32.7. The van der Waals surface area contributed by atoms with Crippen LogP contribution in [0.1, 0.15) is 83.2 Å². The molecule has 2 aromatic carbocycles. The van der Waals surface area contributed by atoms with E-state index in [2.05, 4.69) is 9.80 Å². The number of hydrogen-bond acceptors (Lipinski definition) is 10. The summed E-state index contributed by atoms with van der Waals surface area (Å²) < 4.78 is 33.3. The lowest BCUT2D eigenvalue weighted by Gasteiger charge is -2.36. The van der Waals surface area contributed by atoms with Gasteiger partial charge < -0.3 is 28.4 Å². The van der Waals surface area contributed by atoms with Crippen LogP contribution in [0.15, 0.2) is 36.4 Å². The fourth-order valence-electron chi connectivity index (χ4n) is 7.88. The first-order valence-electron chi connectivity index (χ1n) is 18.1. The molecule has 10 nitrogen and oxygen atoms in total. The summed E-state index contributed by atoms with van der Waals surface area (Å²) in [5.41, 5.74) is 3.20. The van der Waals surface area contributed by atoms with Crippen LogP contribution in [-0.4, -0.2) is 99.6 Å². The van der Waals surface area contributed by atoms with Crippen LogP contribution in [0.2, 0.25) is 0 Å². The number of fused-ring (bicyclic) bond motifs is 2. The number of carbonyl (C=O) groups is 2. The van der Waals surface area contributed by atoms with Gasteiger partial charge >= 0.3 is 11.9 Å². The quantitative estimate of drug-likeness (QED) is 0.314. The third-order valence-electron chi connectivity index (χ3n) is 10.7. The number of nitrogens with zero attached hydrogens (tertiary/aromatic N) is 2. The molecule has 4 atom stereocenters. The molecular weight excluding hydrogens is 612 g/mol. The Kier molecular flexibility index (Phi) is 11.1. The highest BCUT2D eigenvalue weighted by atomic mass is 16.5. The molecule has 8 rings (SSSR count). The van der Waals surface area contributed by atoms with Crippen molar-refractivity contribution in [1.29, 1.82) is 0 Å². The first kappa shape index (κ1) is 33.3. The van der Waals surface area contributed by atoms with Crippen molar-refractivity contribution in [2.24, 2.45) is 11.8 Å². The average Bonchev–Trinajstić information content (AvgIpc) is 3.95. The zero-order valence-corrected chi connectivity index (χ0v) is 28.1. The van der Waals surface area contributed by atoms with Gasteiger partial charge in [-0.1, -0.05) is 12.8 Å². The molecule has 6 heterocycles. The Labute approximate surface area is 283 Å². The minimum Gasteiger partial charge on any atom is -0.492 e. The van der Waals surface area contributed by atoms with Crippen LogP contribution in [0, 0.1) is 11.8 Å². The van der Waals surface area contributed by atoms with Crippen LogP contribution in [0.3, 0.4) is 0 Å². The van der Waals surface area contributed by atoms with Gasteiger partial charge in [0.25, 0.3) is 0 Å². The maximum Gasteiger partial charge on any atom is 0.338 e. The van der Waals surface area contributed by atoms with Gasteiger partial charge in [-0.15, -0.1) is 0 Å². The van der Waals surface area contributed by atoms with Gasteiger partial charge in [0.15, 0.2) is 0 Å². The molecule has 0 aromatic heterocycles.